The molecule has 0 amide bonds. The number of aromatic amines is 2. The van der Waals surface area contributed by atoms with Crippen molar-refractivity contribution in [3.8, 4) is 45.1 Å². The summed E-state index contributed by atoms with van der Waals surface area (Å²) >= 11 is 0. The molecule has 6 aromatic rings. The van der Waals surface area contributed by atoms with Gasteiger partial charge in [0.05, 0.1) is 17.4 Å². The van der Waals surface area contributed by atoms with Crippen molar-refractivity contribution in [1.29, 1.82) is 0 Å². The van der Waals surface area contributed by atoms with Gasteiger partial charge in [-0.05, 0) is 99.2 Å². The quantitative estimate of drug-likeness (QED) is 0.188. The van der Waals surface area contributed by atoms with E-state index in [0.29, 0.717) is 18.0 Å². The van der Waals surface area contributed by atoms with Gasteiger partial charge in [-0.1, -0.05) is 6.07 Å². The standard InChI is InChI=1S/C34H34FN7O2/c1-42(2)11-12-43-26-14-22(13-24(35)17-26)28-7-10-38-34-29(28)18-32(39-34)33-30-16-21(3-4-31(30)40-41-33)23-15-27(20-37-19-23)44-25-5-8-36-9-6-25/h3-4,7,10,13-20,25,36H,5-6,8-9,11-12H2,1-2H3,(H,38,39)(H,40,41). The number of pyridine rings is 2. The third-order valence-corrected chi connectivity index (χ3v) is 7.97. The van der Waals surface area contributed by atoms with E-state index in [1.54, 1.807) is 12.4 Å². The molecule has 1 fully saturated rings. The van der Waals surface area contributed by atoms with Crippen LogP contribution in [0, 0.1) is 5.82 Å². The van der Waals surface area contributed by atoms with Gasteiger partial charge in [-0.2, -0.15) is 5.10 Å². The lowest BCUT2D eigenvalue weighted by Crippen LogP contribution is -2.34. The lowest BCUT2D eigenvalue weighted by molar-refractivity contribution is 0.162. The van der Waals surface area contributed by atoms with Crippen molar-refractivity contribution < 1.29 is 13.9 Å². The molecule has 3 N–H and O–H groups in total. The molecule has 224 valence electrons. The van der Waals surface area contributed by atoms with Crippen molar-refractivity contribution in [3.63, 3.8) is 0 Å². The second-order valence-corrected chi connectivity index (χ2v) is 11.4. The van der Waals surface area contributed by atoms with E-state index < -0.39 is 0 Å². The molecule has 1 aliphatic rings. The van der Waals surface area contributed by atoms with Gasteiger partial charge in [0, 0.05) is 41.3 Å². The Morgan fingerprint density at radius 1 is 0.909 bits per heavy atom. The van der Waals surface area contributed by atoms with Gasteiger partial charge in [0.25, 0.3) is 0 Å². The number of benzene rings is 2. The largest absolute Gasteiger partial charge is 0.492 e. The molecule has 5 heterocycles. The summed E-state index contributed by atoms with van der Waals surface area (Å²) in [5.41, 5.74) is 6.74. The fourth-order valence-corrected chi connectivity index (χ4v) is 5.70. The highest BCUT2D eigenvalue weighted by atomic mass is 19.1. The Balaban J connectivity index is 1.21. The Labute approximate surface area is 254 Å². The first kappa shape index (κ1) is 28.0. The molecule has 10 heteroatoms. The minimum atomic E-state index is -0.353. The van der Waals surface area contributed by atoms with Crippen LogP contribution in [0.2, 0.25) is 0 Å². The summed E-state index contributed by atoms with van der Waals surface area (Å²) in [6.07, 6.45) is 7.53. The number of hydrogen-bond acceptors (Lipinski definition) is 7. The van der Waals surface area contributed by atoms with E-state index in [1.165, 1.54) is 12.1 Å². The van der Waals surface area contributed by atoms with Crippen LogP contribution in [0.1, 0.15) is 12.8 Å². The van der Waals surface area contributed by atoms with E-state index in [2.05, 4.69) is 42.6 Å². The van der Waals surface area contributed by atoms with Crippen molar-refractivity contribution in [2.24, 2.45) is 0 Å². The summed E-state index contributed by atoms with van der Waals surface area (Å²) in [7, 11) is 3.95. The lowest BCUT2D eigenvalue weighted by Gasteiger charge is -2.23. The van der Waals surface area contributed by atoms with Crippen LogP contribution in [0.5, 0.6) is 11.5 Å². The molecular formula is C34H34FN7O2. The maximum absolute atomic E-state index is 14.7. The van der Waals surface area contributed by atoms with Gasteiger partial charge in [-0.3, -0.25) is 10.1 Å². The smallest absolute Gasteiger partial charge is 0.138 e. The van der Waals surface area contributed by atoms with Crippen LogP contribution in [-0.4, -0.2) is 76.5 Å². The number of nitrogens with one attached hydrogen (secondary N) is 3. The number of piperidine rings is 1. The van der Waals surface area contributed by atoms with Gasteiger partial charge >= 0.3 is 0 Å². The minimum absolute atomic E-state index is 0.200. The Hall–Kier alpha value is -4.80. The van der Waals surface area contributed by atoms with E-state index in [1.807, 2.05) is 55.5 Å². The van der Waals surface area contributed by atoms with Crippen LogP contribution in [0.4, 0.5) is 4.39 Å². The lowest BCUT2D eigenvalue weighted by atomic mass is 10.0. The number of H-pyrrole nitrogens is 2. The fraction of sp³-hybridized carbons (Fsp3) is 0.265. The highest BCUT2D eigenvalue weighted by molar-refractivity contribution is 6.00. The summed E-state index contributed by atoms with van der Waals surface area (Å²) in [6, 6.07) is 17.0. The number of halogens is 1. The molecule has 7 rings (SSSR count). The summed E-state index contributed by atoms with van der Waals surface area (Å²) in [5.74, 6) is 0.918. The van der Waals surface area contributed by atoms with Gasteiger partial charge in [0.15, 0.2) is 0 Å². The van der Waals surface area contributed by atoms with Gasteiger partial charge in [-0.15, -0.1) is 0 Å². The monoisotopic (exact) mass is 591 g/mol. The van der Waals surface area contributed by atoms with Crippen molar-refractivity contribution >= 4 is 21.9 Å². The van der Waals surface area contributed by atoms with E-state index in [9.17, 15) is 4.39 Å². The van der Waals surface area contributed by atoms with Crippen LogP contribution < -0.4 is 14.8 Å². The number of fused-ring (bicyclic) bond motifs is 2. The highest BCUT2D eigenvalue weighted by Gasteiger charge is 2.17. The van der Waals surface area contributed by atoms with Crippen LogP contribution in [0.25, 0.3) is 55.6 Å². The molecule has 0 spiro atoms. The minimum Gasteiger partial charge on any atom is -0.492 e. The van der Waals surface area contributed by atoms with Crippen LogP contribution in [0.15, 0.2) is 73.2 Å². The third-order valence-electron chi connectivity index (χ3n) is 7.97. The van der Waals surface area contributed by atoms with Gasteiger partial charge < -0.3 is 24.7 Å². The molecule has 0 bridgehead atoms. The molecule has 0 radical (unpaired) electrons. The zero-order valence-electron chi connectivity index (χ0n) is 24.7. The average molecular weight is 592 g/mol. The Morgan fingerprint density at radius 2 is 1.77 bits per heavy atom. The number of likely N-dealkylation sites (N-methyl/N-ethyl adjacent to an activating group) is 1. The number of rotatable bonds is 9. The van der Waals surface area contributed by atoms with Crippen LogP contribution in [-0.2, 0) is 0 Å². The molecule has 4 aromatic heterocycles. The van der Waals surface area contributed by atoms with Crippen molar-refractivity contribution in [1.82, 2.24) is 35.4 Å². The molecule has 0 unspecified atom stereocenters. The van der Waals surface area contributed by atoms with Gasteiger partial charge in [0.1, 0.15) is 41.4 Å². The predicted molar refractivity (Wildman–Crippen MR) is 170 cm³/mol. The summed E-state index contributed by atoms with van der Waals surface area (Å²) < 4.78 is 26.8. The van der Waals surface area contributed by atoms with Crippen molar-refractivity contribution in [3.05, 3.63) is 79.0 Å². The molecule has 0 aliphatic carbocycles. The summed E-state index contributed by atoms with van der Waals surface area (Å²) in [4.78, 5) is 14.5. The first-order valence-corrected chi connectivity index (χ1v) is 14.9. The highest BCUT2D eigenvalue weighted by Crippen LogP contribution is 2.36. The maximum Gasteiger partial charge on any atom is 0.138 e. The number of aromatic nitrogens is 5. The first-order chi connectivity index (χ1) is 21.5. The Kier molecular flexibility index (Phi) is 7.68. The zero-order valence-corrected chi connectivity index (χ0v) is 24.7. The molecule has 1 aliphatic heterocycles. The van der Waals surface area contributed by atoms with Crippen LogP contribution in [0.3, 0.4) is 0 Å². The zero-order chi connectivity index (χ0) is 30.0. The predicted octanol–water partition coefficient (Wildman–Crippen LogP) is 6.05. The normalized spacial score (nSPS) is 14.1. The maximum atomic E-state index is 14.7. The SMILES string of the molecule is CN(C)CCOc1cc(F)cc(-c2ccnc3[nH]c(-c4n[nH]c5ccc(-c6cncc(OC7CCNCC7)c6)cc45)cc23)c1. The summed E-state index contributed by atoms with van der Waals surface area (Å²) in [5, 5.41) is 13.0. The van der Waals surface area contributed by atoms with E-state index in [-0.39, 0.29) is 11.9 Å². The number of nitrogens with zero attached hydrogens (tertiary/aromatic N) is 4. The Morgan fingerprint density at radius 3 is 2.64 bits per heavy atom. The third kappa shape index (κ3) is 5.86. The van der Waals surface area contributed by atoms with Crippen molar-refractivity contribution in [2.75, 3.05) is 40.3 Å². The van der Waals surface area contributed by atoms with E-state index >= 15 is 0 Å². The first-order valence-electron chi connectivity index (χ1n) is 14.9. The number of hydrogen-bond donors (Lipinski definition) is 3. The molecule has 2 aromatic carbocycles. The molecule has 0 saturated carbocycles. The topological polar surface area (TPSA) is 104 Å². The van der Waals surface area contributed by atoms with Gasteiger partial charge in [-0.25, -0.2) is 9.37 Å². The average Bonchev–Trinajstić information content (AvgIpc) is 3.65. The van der Waals surface area contributed by atoms with E-state index in [0.717, 1.165) is 88.2 Å². The molecule has 9 nitrogen and oxygen atoms in total. The van der Waals surface area contributed by atoms with Gasteiger partial charge in [0.2, 0.25) is 0 Å². The van der Waals surface area contributed by atoms with Crippen molar-refractivity contribution in [2.45, 2.75) is 18.9 Å². The number of ether oxygens (including phenoxy) is 2. The molecular weight excluding hydrogens is 557 g/mol. The Bertz CT molecular complexity index is 1930. The fourth-order valence-electron chi connectivity index (χ4n) is 5.70. The van der Waals surface area contributed by atoms with Crippen LogP contribution >= 0.6 is 0 Å². The second kappa shape index (κ2) is 12.1. The van der Waals surface area contributed by atoms with E-state index in [4.69, 9.17) is 9.47 Å². The molecule has 1 saturated heterocycles. The summed E-state index contributed by atoms with van der Waals surface area (Å²) in [6.45, 7) is 3.14. The second-order valence-electron chi connectivity index (χ2n) is 11.4. The molecule has 44 heavy (non-hydrogen) atoms. The molecule has 0 atom stereocenters.